The minimum Gasteiger partial charge on any atom is -0.466 e. The van der Waals surface area contributed by atoms with Gasteiger partial charge in [-0.15, -0.1) is 0 Å². The monoisotopic (exact) mass is 525 g/mol. The number of amides is 1. The van der Waals surface area contributed by atoms with Gasteiger partial charge in [0.25, 0.3) is 5.91 Å². The van der Waals surface area contributed by atoms with E-state index in [-0.39, 0.29) is 24.5 Å². The quantitative estimate of drug-likeness (QED) is 0.348. The second-order valence-corrected chi connectivity index (χ2v) is 10.2. The molecule has 0 aliphatic carbocycles. The molecule has 1 amide bonds. The molecular weight excluding hydrogens is 502 g/mol. The number of carbonyl (C=O) groups is 2. The van der Waals surface area contributed by atoms with Crippen LogP contribution in [0.1, 0.15) is 23.7 Å². The first kappa shape index (κ1) is 25.3. The van der Waals surface area contributed by atoms with Gasteiger partial charge in [-0.1, -0.05) is 35.6 Å². The van der Waals surface area contributed by atoms with Crippen molar-refractivity contribution in [3.05, 3.63) is 83.2 Å². The standard InChI is InChI=1S/C25H23N3O6S2/c1-2-33-23(29)13-14-28-21-12-11-20(36(26,31)32)16-22(21)35-25(28)27-24(30)17-7-6-10-19(15-17)34-18-8-4-3-5-9-18/h3-12,15-16H,2,13-14H2,1H3,(H2,26,31,32). The van der Waals surface area contributed by atoms with Gasteiger partial charge in [0.2, 0.25) is 10.0 Å². The summed E-state index contributed by atoms with van der Waals surface area (Å²) in [7, 11) is -3.92. The van der Waals surface area contributed by atoms with Gasteiger partial charge in [-0.3, -0.25) is 9.59 Å². The Kier molecular flexibility index (Phi) is 7.63. The van der Waals surface area contributed by atoms with E-state index in [1.807, 2.05) is 18.2 Å². The zero-order valence-corrected chi connectivity index (χ0v) is 20.9. The predicted octanol–water partition coefficient (Wildman–Crippen LogP) is 3.84. The first-order valence-electron chi connectivity index (χ1n) is 11.0. The third-order valence-corrected chi connectivity index (χ3v) is 7.04. The summed E-state index contributed by atoms with van der Waals surface area (Å²) in [6.45, 7) is 2.16. The third kappa shape index (κ3) is 6.06. The SMILES string of the molecule is CCOC(=O)CCn1c(=NC(=O)c2cccc(Oc3ccccc3)c2)sc2cc(S(N)(=O)=O)ccc21. The summed E-state index contributed by atoms with van der Waals surface area (Å²) in [4.78, 5) is 29.6. The summed E-state index contributed by atoms with van der Waals surface area (Å²) in [5.74, 6) is 0.197. The fraction of sp³-hybridized carbons (Fsp3) is 0.160. The molecule has 0 saturated heterocycles. The highest BCUT2D eigenvalue weighted by Gasteiger charge is 2.15. The Labute approximate surface area is 211 Å². The lowest BCUT2D eigenvalue weighted by atomic mass is 10.2. The van der Waals surface area contributed by atoms with Gasteiger partial charge in [0, 0.05) is 12.1 Å². The fourth-order valence-corrected chi connectivity index (χ4v) is 5.15. The molecule has 0 spiro atoms. The van der Waals surface area contributed by atoms with Crippen molar-refractivity contribution in [2.24, 2.45) is 10.1 Å². The largest absolute Gasteiger partial charge is 0.466 e. The molecule has 0 radical (unpaired) electrons. The Morgan fingerprint density at radius 2 is 1.75 bits per heavy atom. The number of carbonyl (C=O) groups excluding carboxylic acids is 2. The number of rotatable bonds is 8. The Hall–Kier alpha value is -3.80. The number of thiazole rings is 1. The summed E-state index contributed by atoms with van der Waals surface area (Å²) in [5, 5.41) is 5.27. The van der Waals surface area contributed by atoms with Crippen LogP contribution < -0.4 is 14.7 Å². The maximum atomic E-state index is 13.1. The van der Waals surface area contributed by atoms with E-state index in [0.29, 0.717) is 32.1 Å². The fourth-order valence-electron chi connectivity index (χ4n) is 3.44. The van der Waals surface area contributed by atoms with Crippen molar-refractivity contribution in [3.63, 3.8) is 0 Å². The number of hydrogen-bond acceptors (Lipinski definition) is 7. The summed E-state index contributed by atoms with van der Waals surface area (Å²) in [6, 6.07) is 20.2. The number of aromatic nitrogens is 1. The average Bonchev–Trinajstić information content (AvgIpc) is 3.19. The lowest BCUT2D eigenvalue weighted by Gasteiger charge is -2.07. The second-order valence-electron chi connectivity index (χ2n) is 7.63. The highest BCUT2D eigenvalue weighted by Crippen LogP contribution is 2.24. The van der Waals surface area contributed by atoms with E-state index >= 15 is 0 Å². The predicted molar refractivity (Wildman–Crippen MR) is 135 cm³/mol. The normalized spacial score (nSPS) is 12.0. The maximum absolute atomic E-state index is 13.1. The van der Waals surface area contributed by atoms with Gasteiger partial charge in [0.15, 0.2) is 4.80 Å². The molecule has 186 valence electrons. The molecule has 1 heterocycles. The number of aryl methyl sites for hydroxylation is 1. The number of primary sulfonamides is 1. The first-order valence-corrected chi connectivity index (χ1v) is 13.3. The average molecular weight is 526 g/mol. The van der Waals surface area contributed by atoms with Crippen LogP contribution in [-0.2, 0) is 26.1 Å². The van der Waals surface area contributed by atoms with Gasteiger partial charge in [-0.25, -0.2) is 13.6 Å². The lowest BCUT2D eigenvalue weighted by molar-refractivity contribution is -0.143. The van der Waals surface area contributed by atoms with Gasteiger partial charge in [0.1, 0.15) is 11.5 Å². The lowest BCUT2D eigenvalue weighted by Crippen LogP contribution is -2.19. The van der Waals surface area contributed by atoms with Crippen molar-refractivity contribution in [2.45, 2.75) is 24.8 Å². The van der Waals surface area contributed by atoms with Crippen LogP contribution in [0.2, 0.25) is 0 Å². The summed E-state index contributed by atoms with van der Waals surface area (Å²) < 4.78 is 36.7. The van der Waals surface area contributed by atoms with Crippen molar-refractivity contribution in [1.82, 2.24) is 4.57 Å². The van der Waals surface area contributed by atoms with E-state index in [2.05, 4.69) is 4.99 Å². The van der Waals surface area contributed by atoms with Crippen LogP contribution in [0.4, 0.5) is 0 Å². The number of hydrogen-bond donors (Lipinski definition) is 1. The number of sulfonamides is 1. The molecule has 0 aliphatic rings. The highest BCUT2D eigenvalue weighted by atomic mass is 32.2. The Balaban J connectivity index is 1.72. The van der Waals surface area contributed by atoms with E-state index in [1.165, 1.54) is 12.1 Å². The van der Waals surface area contributed by atoms with Crippen molar-refractivity contribution >= 4 is 43.5 Å². The molecule has 2 N–H and O–H groups in total. The first-order chi connectivity index (χ1) is 17.2. The van der Waals surface area contributed by atoms with Crippen LogP contribution in [0.5, 0.6) is 11.5 Å². The van der Waals surface area contributed by atoms with Crippen LogP contribution in [0.15, 0.2) is 82.7 Å². The van der Waals surface area contributed by atoms with E-state index in [4.69, 9.17) is 14.6 Å². The highest BCUT2D eigenvalue weighted by molar-refractivity contribution is 7.89. The number of fused-ring (bicyclic) bond motifs is 1. The molecule has 4 rings (SSSR count). The Bertz CT molecular complexity index is 1590. The van der Waals surface area contributed by atoms with Crippen LogP contribution in [-0.4, -0.2) is 31.5 Å². The minimum absolute atomic E-state index is 0.0540. The number of benzene rings is 3. The van der Waals surface area contributed by atoms with Gasteiger partial charge >= 0.3 is 5.97 Å². The van der Waals surface area contributed by atoms with Gasteiger partial charge in [-0.2, -0.15) is 4.99 Å². The molecule has 4 aromatic rings. The van der Waals surface area contributed by atoms with Crippen LogP contribution >= 0.6 is 11.3 Å². The van der Waals surface area contributed by atoms with E-state index in [9.17, 15) is 18.0 Å². The molecule has 1 aromatic heterocycles. The van der Waals surface area contributed by atoms with Crippen molar-refractivity contribution in [2.75, 3.05) is 6.61 Å². The third-order valence-electron chi connectivity index (χ3n) is 5.08. The van der Waals surface area contributed by atoms with Crippen molar-refractivity contribution < 1.29 is 27.5 Å². The smallest absolute Gasteiger partial charge is 0.307 e. The molecule has 0 aliphatic heterocycles. The number of ether oxygens (including phenoxy) is 2. The van der Waals surface area contributed by atoms with E-state index < -0.39 is 21.9 Å². The van der Waals surface area contributed by atoms with Gasteiger partial charge in [0.05, 0.1) is 28.1 Å². The van der Waals surface area contributed by atoms with Crippen LogP contribution in [0.3, 0.4) is 0 Å². The molecule has 0 unspecified atom stereocenters. The van der Waals surface area contributed by atoms with E-state index in [1.54, 1.807) is 54.0 Å². The minimum atomic E-state index is -3.92. The summed E-state index contributed by atoms with van der Waals surface area (Å²) in [6.07, 6.45) is 0.0540. The zero-order chi connectivity index (χ0) is 25.7. The summed E-state index contributed by atoms with van der Waals surface area (Å²) >= 11 is 1.12. The molecule has 0 fully saturated rings. The number of esters is 1. The molecule has 11 heteroatoms. The number of nitrogens with two attached hydrogens (primary N) is 1. The van der Waals surface area contributed by atoms with Gasteiger partial charge < -0.3 is 14.0 Å². The molecule has 0 saturated carbocycles. The van der Waals surface area contributed by atoms with Crippen molar-refractivity contribution in [3.8, 4) is 11.5 Å². The van der Waals surface area contributed by atoms with Crippen LogP contribution in [0.25, 0.3) is 10.2 Å². The zero-order valence-electron chi connectivity index (χ0n) is 19.3. The van der Waals surface area contributed by atoms with Crippen LogP contribution in [0, 0.1) is 0 Å². The second kappa shape index (κ2) is 10.9. The molecule has 0 bridgehead atoms. The van der Waals surface area contributed by atoms with Gasteiger partial charge in [-0.05, 0) is 55.5 Å². The molecule has 0 atom stereocenters. The maximum Gasteiger partial charge on any atom is 0.307 e. The Morgan fingerprint density at radius 3 is 2.47 bits per heavy atom. The number of nitrogens with zero attached hydrogens (tertiary/aromatic N) is 2. The Morgan fingerprint density at radius 1 is 1.00 bits per heavy atom. The number of para-hydroxylation sites is 1. The molecule has 36 heavy (non-hydrogen) atoms. The van der Waals surface area contributed by atoms with E-state index in [0.717, 1.165) is 11.3 Å². The molecule has 3 aromatic carbocycles. The topological polar surface area (TPSA) is 130 Å². The molecule has 9 nitrogen and oxygen atoms in total. The molecular formula is C25H23N3O6S2. The summed E-state index contributed by atoms with van der Waals surface area (Å²) in [5.41, 5.74) is 0.924. The van der Waals surface area contributed by atoms with Crippen molar-refractivity contribution in [1.29, 1.82) is 0 Å².